The fourth-order valence-electron chi connectivity index (χ4n) is 6.56. The molecule has 0 aromatic heterocycles. The van der Waals surface area contributed by atoms with Gasteiger partial charge in [0.15, 0.2) is 0 Å². The third-order valence-electron chi connectivity index (χ3n) is 7.78. The van der Waals surface area contributed by atoms with Crippen LogP contribution >= 0.6 is 35.3 Å². The van der Waals surface area contributed by atoms with Gasteiger partial charge in [-0.2, -0.15) is 56.3 Å². The maximum absolute atomic E-state index is 9.57. The smallest absolute Gasteiger partial charge is 0.129 e. The summed E-state index contributed by atoms with van der Waals surface area (Å²) in [6.07, 6.45) is 3.93. The molecule has 148 valence electrons. The summed E-state index contributed by atoms with van der Waals surface area (Å²) in [5.74, 6) is 3.94. The Hall–Kier alpha value is -1.25. The normalized spacial score (nSPS) is 47.2. The lowest BCUT2D eigenvalue weighted by Gasteiger charge is -2.36. The van der Waals surface area contributed by atoms with E-state index < -0.39 is 0 Å². The van der Waals surface area contributed by atoms with Crippen LogP contribution in [-0.2, 0) is 0 Å². The first-order valence-electron chi connectivity index (χ1n) is 10.4. The third kappa shape index (κ3) is 3.01. The van der Waals surface area contributed by atoms with Gasteiger partial charge in [-0.15, -0.1) is 0 Å². The van der Waals surface area contributed by atoms with E-state index in [0.717, 1.165) is 37.2 Å². The topological polar surface area (TPSA) is 95.2 Å². The first kappa shape index (κ1) is 19.7. The number of allylic oxidation sites excluding steroid dienone is 2. The maximum Gasteiger partial charge on any atom is 0.129 e. The molecule has 3 heterocycles. The van der Waals surface area contributed by atoms with Crippen LogP contribution < -0.4 is 0 Å². The van der Waals surface area contributed by atoms with Crippen LogP contribution in [-0.4, -0.2) is 32.5 Å². The minimum Gasteiger partial charge on any atom is -0.198 e. The van der Waals surface area contributed by atoms with Crippen LogP contribution in [0.1, 0.15) is 25.7 Å². The summed E-state index contributed by atoms with van der Waals surface area (Å²) in [5, 5.41) is 40.3. The summed E-state index contributed by atoms with van der Waals surface area (Å²) in [5.41, 5.74) is 1.56. The van der Waals surface area contributed by atoms with E-state index in [1.54, 1.807) is 0 Å². The fourth-order valence-corrected chi connectivity index (χ4v) is 12.6. The molecule has 0 amide bonds. The number of nitrogens with zero attached hydrogens (tertiary/aromatic N) is 4. The molecule has 2 aliphatic carbocycles. The number of hydrogen-bond acceptors (Lipinski definition) is 7. The summed E-state index contributed by atoms with van der Waals surface area (Å²) in [6.45, 7) is 0. The molecule has 10 unspecified atom stereocenters. The molecule has 7 heteroatoms. The van der Waals surface area contributed by atoms with Crippen LogP contribution in [0, 0.1) is 80.8 Å². The van der Waals surface area contributed by atoms with Crippen molar-refractivity contribution >= 4 is 35.3 Å². The second kappa shape index (κ2) is 7.78. The van der Waals surface area contributed by atoms with Crippen molar-refractivity contribution < 1.29 is 0 Å². The van der Waals surface area contributed by atoms with Gasteiger partial charge in [-0.05, 0) is 66.4 Å². The monoisotopic (exact) mass is 438 g/mol. The third-order valence-corrected chi connectivity index (χ3v) is 13.1. The molecule has 2 saturated carbocycles. The molecule has 5 rings (SSSR count). The van der Waals surface area contributed by atoms with Crippen molar-refractivity contribution in [2.45, 2.75) is 46.7 Å². The van der Waals surface area contributed by atoms with Crippen LogP contribution in [0.25, 0.3) is 0 Å². The highest BCUT2D eigenvalue weighted by molar-refractivity contribution is 8.06. The van der Waals surface area contributed by atoms with E-state index in [4.69, 9.17) is 0 Å². The van der Waals surface area contributed by atoms with E-state index in [1.165, 1.54) is 5.57 Å². The number of hydrogen-bond donors (Lipinski definition) is 0. The Bertz CT molecular complexity index is 887. The molecular weight excluding hydrogens is 416 g/mol. The van der Waals surface area contributed by atoms with E-state index in [1.807, 2.05) is 11.8 Å². The zero-order valence-electron chi connectivity index (χ0n) is 16.0. The molecule has 10 atom stereocenters. The highest BCUT2D eigenvalue weighted by atomic mass is 32.2. The van der Waals surface area contributed by atoms with Crippen molar-refractivity contribution in [3.05, 3.63) is 11.1 Å². The van der Waals surface area contributed by atoms with Gasteiger partial charge in [-0.1, -0.05) is 0 Å². The van der Waals surface area contributed by atoms with Crippen LogP contribution in [0.2, 0.25) is 0 Å². The van der Waals surface area contributed by atoms with E-state index >= 15 is 0 Å². The zero-order chi connectivity index (χ0) is 20.1. The SMILES string of the molecule is N#CC(C#N)=C1C2CCSC2C2SC(C3SCC4CC(C#N)C(C#N)CC43)CC12. The van der Waals surface area contributed by atoms with Gasteiger partial charge >= 0.3 is 0 Å². The molecule has 0 spiro atoms. The number of nitriles is 4. The average molecular weight is 439 g/mol. The standard InChI is InChI=1S/C22H22N4S3/c23-6-11-3-13-10-28-20(16(13)4-12(11)7-24)18-5-17-19(14(8-25)9-26)15-1-2-27-21(15)22(17)29-18/h11-13,15-18,20-22H,1-5,10H2. The molecule has 4 nitrogen and oxygen atoms in total. The lowest BCUT2D eigenvalue weighted by atomic mass is 9.68. The Morgan fingerprint density at radius 3 is 2.31 bits per heavy atom. The summed E-state index contributed by atoms with van der Waals surface area (Å²) in [4.78, 5) is 0. The van der Waals surface area contributed by atoms with Crippen molar-refractivity contribution in [1.29, 1.82) is 21.0 Å². The second-order valence-corrected chi connectivity index (χ2v) is 12.8. The Morgan fingerprint density at radius 2 is 1.59 bits per heavy atom. The van der Waals surface area contributed by atoms with Gasteiger partial charge < -0.3 is 0 Å². The fraction of sp³-hybridized carbons (Fsp3) is 0.727. The van der Waals surface area contributed by atoms with E-state index in [9.17, 15) is 21.0 Å². The average Bonchev–Trinajstić information content (AvgIpc) is 3.50. The van der Waals surface area contributed by atoms with Gasteiger partial charge in [-0.25, -0.2) is 0 Å². The summed E-state index contributed by atoms with van der Waals surface area (Å²) in [6, 6.07) is 9.20. The Balaban J connectivity index is 1.39. The van der Waals surface area contributed by atoms with Gasteiger partial charge in [0.05, 0.1) is 24.0 Å². The van der Waals surface area contributed by atoms with Crippen LogP contribution in [0.4, 0.5) is 0 Å². The molecule has 3 saturated heterocycles. The molecule has 0 radical (unpaired) electrons. The van der Waals surface area contributed by atoms with Crippen molar-refractivity contribution in [3.8, 4) is 24.3 Å². The molecule has 0 N–H and O–H groups in total. The molecule has 0 bridgehead atoms. The van der Waals surface area contributed by atoms with Gasteiger partial charge in [0.1, 0.15) is 17.7 Å². The van der Waals surface area contributed by atoms with Gasteiger partial charge in [0, 0.05) is 21.0 Å². The predicted octanol–water partition coefficient (Wildman–Crippen LogP) is 4.38. The number of rotatable bonds is 1. The Kier molecular flexibility index (Phi) is 5.28. The summed E-state index contributed by atoms with van der Waals surface area (Å²) < 4.78 is 0. The van der Waals surface area contributed by atoms with Gasteiger partial charge in [-0.3, -0.25) is 0 Å². The lowest BCUT2D eigenvalue weighted by molar-refractivity contribution is 0.193. The Morgan fingerprint density at radius 1 is 0.828 bits per heavy atom. The van der Waals surface area contributed by atoms with Crippen molar-refractivity contribution in [2.75, 3.05) is 11.5 Å². The number of fused-ring (bicyclic) bond motifs is 4. The van der Waals surface area contributed by atoms with Crippen LogP contribution in [0.5, 0.6) is 0 Å². The van der Waals surface area contributed by atoms with E-state index in [-0.39, 0.29) is 11.8 Å². The highest BCUT2D eigenvalue weighted by Crippen LogP contribution is 2.63. The first-order chi connectivity index (χ1) is 14.2. The number of thioether (sulfide) groups is 3. The van der Waals surface area contributed by atoms with Crippen molar-refractivity contribution in [2.24, 2.45) is 35.5 Å². The van der Waals surface area contributed by atoms with Gasteiger partial charge in [0.25, 0.3) is 0 Å². The first-order valence-corrected chi connectivity index (χ1v) is 13.5. The summed E-state index contributed by atoms with van der Waals surface area (Å²) in [7, 11) is 0. The lowest BCUT2D eigenvalue weighted by Crippen LogP contribution is -2.36. The predicted molar refractivity (Wildman–Crippen MR) is 117 cm³/mol. The molecule has 3 aliphatic heterocycles. The zero-order valence-corrected chi connectivity index (χ0v) is 18.5. The van der Waals surface area contributed by atoms with E-state index in [0.29, 0.717) is 50.2 Å². The second-order valence-electron chi connectivity index (χ2n) is 8.93. The molecule has 0 aromatic rings. The molecular formula is C22H22N4S3. The Labute approximate surface area is 185 Å². The van der Waals surface area contributed by atoms with Crippen molar-refractivity contribution in [3.63, 3.8) is 0 Å². The molecule has 5 aliphatic rings. The maximum atomic E-state index is 9.57. The minimum atomic E-state index is -0.123. The van der Waals surface area contributed by atoms with Crippen molar-refractivity contribution in [1.82, 2.24) is 0 Å². The largest absolute Gasteiger partial charge is 0.198 e. The molecule has 0 aromatic carbocycles. The van der Waals surface area contributed by atoms with Gasteiger partial charge in [0.2, 0.25) is 0 Å². The quantitative estimate of drug-likeness (QED) is 0.561. The molecule has 29 heavy (non-hydrogen) atoms. The van der Waals surface area contributed by atoms with E-state index in [2.05, 4.69) is 47.8 Å². The molecule has 5 fully saturated rings. The highest BCUT2D eigenvalue weighted by Gasteiger charge is 2.58. The van der Waals surface area contributed by atoms with Crippen LogP contribution in [0.15, 0.2) is 11.1 Å². The summed E-state index contributed by atoms with van der Waals surface area (Å²) >= 11 is 6.23. The van der Waals surface area contributed by atoms with Crippen LogP contribution in [0.3, 0.4) is 0 Å². The minimum absolute atomic E-state index is 0.102.